The largest absolute Gasteiger partial charge is 0.492 e. The van der Waals surface area contributed by atoms with Gasteiger partial charge >= 0.3 is 0 Å². The zero-order valence-electron chi connectivity index (χ0n) is 17.2. The molecule has 0 aliphatic rings. The number of amides is 1. The lowest BCUT2D eigenvalue weighted by Crippen LogP contribution is -2.31. The van der Waals surface area contributed by atoms with Crippen molar-refractivity contribution in [2.45, 2.75) is 4.90 Å². The predicted octanol–water partition coefficient (Wildman–Crippen LogP) is 4.32. The number of hydrogen-bond acceptors (Lipinski definition) is 4. The number of carbonyl (C=O) groups excluding carboxylic acids is 1. The summed E-state index contributed by atoms with van der Waals surface area (Å²) in [6.07, 6.45) is 0. The van der Waals surface area contributed by atoms with Gasteiger partial charge in [0.15, 0.2) is 0 Å². The minimum Gasteiger partial charge on any atom is -0.492 e. The molecular formula is C23H23ClN2O4S. The maximum atomic E-state index is 13.0. The first-order valence-corrected chi connectivity index (χ1v) is 11.4. The van der Waals surface area contributed by atoms with Crippen molar-refractivity contribution >= 4 is 33.2 Å². The van der Waals surface area contributed by atoms with E-state index in [-0.39, 0.29) is 16.4 Å². The highest BCUT2D eigenvalue weighted by molar-refractivity contribution is 7.92. The first kappa shape index (κ1) is 22.7. The van der Waals surface area contributed by atoms with Crippen molar-refractivity contribution in [2.24, 2.45) is 0 Å². The average molecular weight is 459 g/mol. The minimum atomic E-state index is -3.80. The standard InChI is InChI=1S/C23H23ClN2O4S/c1-25(15-16-30-21-13-11-19(24)12-14-21)23(27)18-7-6-10-22(17-18)31(28,29)26(2)20-8-4-3-5-9-20/h3-14,17H,15-16H2,1-2H3. The lowest BCUT2D eigenvalue weighted by molar-refractivity contribution is 0.0773. The summed E-state index contributed by atoms with van der Waals surface area (Å²) in [6, 6.07) is 21.8. The molecule has 0 radical (unpaired) electrons. The molecule has 8 heteroatoms. The van der Waals surface area contributed by atoms with Gasteiger partial charge in [-0.2, -0.15) is 0 Å². The third-order valence-corrected chi connectivity index (χ3v) is 6.75. The van der Waals surface area contributed by atoms with E-state index in [1.54, 1.807) is 67.7 Å². The zero-order chi connectivity index (χ0) is 22.4. The van der Waals surface area contributed by atoms with E-state index in [4.69, 9.17) is 16.3 Å². The highest BCUT2D eigenvalue weighted by Gasteiger charge is 2.23. The molecule has 1 amide bonds. The highest BCUT2D eigenvalue weighted by Crippen LogP contribution is 2.22. The number of anilines is 1. The Kier molecular flexibility index (Phi) is 7.20. The number of halogens is 1. The molecule has 0 aliphatic carbocycles. The van der Waals surface area contributed by atoms with Gasteiger partial charge in [0.25, 0.3) is 15.9 Å². The number of sulfonamides is 1. The van der Waals surface area contributed by atoms with Crippen molar-refractivity contribution < 1.29 is 17.9 Å². The van der Waals surface area contributed by atoms with Crippen LogP contribution in [0.5, 0.6) is 5.75 Å². The number of para-hydroxylation sites is 1. The molecule has 3 aromatic carbocycles. The van der Waals surface area contributed by atoms with Crippen molar-refractivity contribution in [3.05, 3.63) is 89.4 Å². The zero-order valence-corrected chi connectivity index (χ0v) is 18.8. The molecule has 0 atom stereocenters. The third-order valence-electron chi connectivity index (χ3n) is 4.71. The van der Waals surface area contributed by atoms with E-state index in [2.05, 4.69) is 0 Å². The van der Waals surface area contributed by atoms with Gasteiger partial charge in [-0.1, -0.05) is 35.9 Å². The van der Waals surface area contributed by atoms with E-state index in [1.165, 1.54) is 28.4 Å². The molecule has 0 bridgehead atoms. The monoisotopic (exact) mass is 458 g/mol. The Morgan fingerprint density at radius 2 is 1.61 bits per heavy atom. The van der Waals surface area contributed by atoms with Crippen LogP contribution in [0.15, 0.2) is 83.8 Å². The van der Waals surface area contributed by atoms with Crippen LogP contribution in [0.25, 0.3) is 0 Å². The van der Waals surface area contributed by atoms with Crippen LogP contribution >= 0.6 is 11.6 Å². The maximum absolute atomic E-state index is 13.0. The number of ether oxygens (including phenoxy) is 1. The molecule has 3 rings (SSSR count). The average Bonchev–Trinajstić information content (AvgIpc) is 2.80. The molecule has 0 aliphatic heterocycles. The van der Waals surface area contributed by atoms with Crippen LogP contribution in [0.3, 0.4) is 0 Å². The third kappa shape index (κ3) is 5.57. The molecule has 3 aromatic rings. The Morgan fingerprint density at radius 1 is 0.935 bits per heavy atom. The molecule has 0 fully saturated rings. The summed E-state index contributed by atoms with van der Waals surface area (Å²) >= 11 is 5.85. The summed E-state index contributed by atoms with van der Waals surface area (Å²) in [5.74, 6) is 0.362. The first-order valence-electron chi connectivity index (χ1n) is 9.57. The molecule has 0 unspecified atom stereocenters. The van der Waals surface area contributed by atoms with Gasteiger partial charge < -0.3 is 9.64 Å². The summed E-state index contributed by atoms with van der Waals surface area (Å²) in [4.78, 5) is 14.3. The lowest BCUT2D eigenvalue weighted by Gasteiger charge is -2.21. The fourth-order valence-electron chi connectivity index (χ4n) is 2.88. The number of benzene rings is 3. The van der Waals surface area contributed by atoms with E-state index in [0.717, 1.165) is 0 Å². The van der Waals surface area contributed by atoms with Gasteiger partial charge in [-0.15, -0.1) is 0 Å². The number of carbonyl (C=O) groups is 1. The molecule has 0 heterocycles. The molecule has 0 spiro atoms. The quantitative estimate of drug-likeness (QED) is 0.504. The second kappa shape index (κ2) is 9.85. The molecular weight excluding hydrogens is 436 g/mol. The summed E-state index contributed by atoms with van der Waals surface area (Å²) in [5.41, 5.74) is 0.826. The van der Waals surface area contributed by atoms with Gasteiger partial charge in [-0.25, -0.2) is 8.42 Å². The second-order valence-electron chi connectivity index (χ2n) is 6.87. The van der Waals surface area contributed by atoms with Crippen molar-refractivity contribution in [1.82, 2.24) is 4.90 Å². The van der Waals surface area contributed by atoms with Crippen LogP contribution in [-0.4, -0.2) is 46.5 Å². The van der Waals surface area contributed by atoms with Crippen molar-refractivity contribution in [1.29, 1.82) is 0 Å². The SMILES string of the molecule is CN(CCOc1ccc(Cl)cc1)C(=O)c1cccc(S(=O)(=O)N(C)c2ccccc2)c1. The Hall–Kier alpha value is -3.03. The molecule has 0 aromatic heterocycles. The van der Waals surface area contributed by atoms with Gasteiger partial charge in [0.05, 0.1) is 17.1 Å². The predicted molar refractivity (Wildman–Crippen MR) is 122 cm³/mol. The van der Waals surface area contributed by atoms with E-state index < -0.39 is 10.0 Å². The Bertz CT molecular complexity index is 1140. The number of likely N-dealkylation sites (N-methyl/N-ethyl adjacent to an activating group) is 1. The van der Waals surface area contributed by atoms with Crippen LogP contribution in [0.2, 0.25) is 5.02 Å². The molecule has 162 valence electrons. The molecule has 6 nitrogen and oxygen atoms in total. The fraction of sp³-hybridized carbons (Fsp3) is 0.174. The molecule has 0 saturated carbocycles. The van der Waals surface area contributed by atoms with Gasteiger partial charge in [-0.05, 0) is 54.6 Å². The lowest BCUT2D eigenvalue weighted by atomic mass is 10.2. The maximum Gasteiger partial charge on any atom is 0.264 e. The number of rotatable bonds is 8. The van der Waals surface area contributed by atoms with Gasteiger partial charge in [0.1, 0.15) is 12.4 Å². The summed E-state index contributed by atoms with van der Waals surface area (Å²) in [7, 11) is -0.674. The number of hydrogen-bond donors (Lipinski definition) is 0. The summed E-state index contributed by atoms with van der Waals surface area (Å²) in [5, 5.41) is 0.618. The summed E-state index contributed by atoms with van der Waals surface area (Å²) in [6.45, 7) is 0.626. The van der Waals surface area contributed by atoms with Crippen LogP contribution < -0.4 is 9.04 Å². The van der Waals surface area contributed by atoms with Crippen LogP contribution in [0.4, 0.5) is 5.69 Å². The van der Waals surface area contributed by atoms with Crippen molar-refractivity contribution in [3.8, 4) is 5.75 Å². The van der Waals surface area contributed by atoms with Crippen LogP contribution in [0, 0.1) is 0 Å². The van der Waals surface area contributed by atoms with Crippen LogP contribution in [0.1, 0.15) is 10.4 Å². The summed E-state index contributed by atoms with van der Waals surface area (Å²) < 4.78 is 32.8. The van der Waals surface area contributed by atoms with E-state index in [0.29, 0.717) is 29.6 Å². The normalized spacial score (nSPS) is 11.1. The smallest absolute Gasteiger partial charge is 0.264 e. The Balaban J connectivity index is 1.68. The van der Waals surface area contributed by atoms with Gasteiger partial charge in [0.2, 0.25) is 0 Å². The topological polar surface area (TPSA) is 66.9 Å². The van der Waals surface area contributed by atoms with Gasteiger partial charge in [0, 0.05) is 24.7 Å². The number of nitrogens with zero attached hydrogens (tertiary/aromatic N) is 2. The van der Waals surface area contributed by atoms with E-state index in [1.807, 2.05) is 6.07 Å². The van der Waals surface area contributed by atoms with Gasteiger partial charge in [-0.3, -0.25) is 9.10 Å². The highest BCUT2D eigenvalue weighted by atomic mass is 35.5. The van der Waals surface area contributed by atoms with Crippen LogP contribution in [-0.2, 0) is 10.0 Å². The van der Waals surface area contributed by atoms with Crippen molar-refractivity contribution in [2.75, 3.05) is 31.6 Å². The molecule has 31 heavy (non-hydrogen) atoms. The fourth-order valence-corrected chi connectivity index (χ4v) is 4.25. The second-order valence-corrected chi connectivity index (χ2v) is 9.27. The molecule has 0 N–H and O–H groups in total. The first-order chi connectivity index (χ1) is 14.8. The van der Waals surface area contributed by atoms with E-state index >= 15 is 0 Å². The van der Waals surface area contributed by atoms with Crippen molar-refractivity contribution in [3.63, 3.8) is 0 Å². The molecule has 0 saturated heterocycles. The minimum absolute atomic E-state index is 0.0514. The van der Waals surface area contributed by atoms with E-state index in [9.17, 15) is 13.2 Å². The Labute approximate surface area is 187 Å². The Morgan fingerprint density at radius 3 is 2.29 bits per heavy atom.